The molecule has 0 aliphatic rings. The summed E-state index contributed by atoms with van der Waals surface area (Å²) >= 11 is 0. The minimum absolute atomic E-state index is 0.0179. The van der Waals surface area contributed by atoms with Crippen LogP contribution in [0.1, 0.15) is 22.6 Å². The number of hydrogen-bond donors (Lipinski definition) is 2. The molecule has 0 spiro atoms. The second-order valence-electron chi connectivity index (χ2n) is 6.76. The van der Waals surface area contributed by atoms with E-state index in [0.29, 0.717) is 12.1 Å². The van der Waals surface area contributed by atoms with E-state index < -0.39 is 0 Å². The maximum absolute atomic E-state index is 13.2. The van der Waals surface area contributed by atoms with Gasteiger partial charge in [-0.05, 0) is 28.8 Å². The molecule has 0 aromatic heterocycles. The van der Waals surface area contributed by atoms with Crippen LogP contribution in [0.2, 0.25) is 0 Å². The second-order valence-corrected chi connectivity index (χ2v) is 6.76. The normalized spacial score (nSPS) is 10.6. The van der Waals surface area contributed by atoms with Crippen LogP contribution in [0.5, 0.6) is 0 Å². The molecule has 0 aliphatic heterocycles. The van der Waals surface area contributed by atoms with Crippen molar-refractivity contribution in [1.82, 2.24) is 10.6 Å². The van der Waals surface area contributed by atoms with Crippen LogP contribution < -0.4 is 10.6 Å². The van der Waals surface area contributed by atoms with Gasteiger partial charge in [-0.25, -0.2) is 4.39 Å². The minimum atomic E-state index is -0.388. The molecule has 0 saturated carbocycles. The van der Waals surface area contributed by atoms with E-state index in [1.807, 2.05) is 60.7 Å². The molecule has 3 aromatic carbocycles. The van der Waals surface area contributed by atoms with Crippen LogP contribution in [-0.2, 0) is 16.0 Å². The molecule has 0 bridgehead atoms. The zero-order valence-corrected chi connectivity index (χ0v) is 16.0. The molecule has 2 amide bonds. The Hall–Kier alpha value is -3.47. The fraction of sp³-hybridized carbons (Fsp3) is 0.167. The van der Waals surface area contributed by atoms with Gasteiger partial charge in [0.25, 0.3) is 0 Å². The van der Waals surface area contributed by atoms with Gasteiger partial charge in [0.15, 0.2) is 0 Å². The number of rotatable bonds is 8. The van der Waals surface area contributed by atoms with E-state index >= 15 is 0 Å². The summed E-state index contributed by atoms with van der Waals surface area (Å²) in [6.07, 6.45) is 0.0295. The summed E-state index contributed by atoms with van der Waals surface area (Å²) in [5.41, 5.74) is 2.78. The van der Waals surface area contributed by atoms with Gasteiger partial charge in [-0.1, -0.05) is 72.8 Å². The third kappa shape index (κ3) is 6.28. The Morgan fingerprint density at radius 3 is 1.97 bits per heavy atom. The van der Waals surface area contributed by atoms with E-state index in [0.717, 1.165) is 11.1 Å². The van der Waals surface area contributed by atoms with Crippen molar-refractivity contribution in [1.29, 1.82) is 0 Å². The van der Waals surface area contributed by atoms with E-state index in [1.54, 1.807) is 12.1 Å². The highest BCUT2D eigenvalue weighted by Gasteiger charge is 2.15. The zero-order valence-electron chi connectivity index (χ0n) is 16.0. The molecular formula is C24H23FN2O2. The van der Waals surface area contributed by atoms with Gasteiger partial charge in [0.1, 0.15) is 5.82 Å². The molecule has 0 unspecified atom stereocenters. The van der Waals surface area contributed by atoms with Gasteiger partial charge in [-0.3, -0.25) is 9.59 Å². The average molecular weight is 390 g/mol. The van der Waals surface area contributed by atoms with Crippen LogP contribution in [0.4, 0.5) is 4.39 Å². The number of carbonyl (C=O) groups is 2. The number of nitrogens with one attached hydrogen (secondary N) is 2. The first-order valence-corrected chi connectivity index (χ1v) is 9.49. The lowest BCUT2D eigenvalue weighted by Crippen LogP contribution is -2.39. The Labute approximate surface area is 169 Å². The molecule has 3 aromatic rings. The van der Waals surface area contributed by atoms with Crippen LogP contribution in [0.25, 0.3) is 0 Å². The molecule has 29 heavy (non-hydrogen) atoms. The van der Waals surface area contributed by atoms with E-state index in [-0.39, 0.29) is 36.5 Å². The summed E-state index contributed by atoms with van der Waals surface area (Å²) in [5, 5.41) is 5.47. The Kier molecular flexibility index (Phi) is 7.11. The van der Waals surface area contributed by atoms with Crippen molar-refractivity contribution < 1.29 is 14.0 Å². The molecule has 0 fully saturated rings. The molecule has 4 nitrogen and oxygen atoms in total. The van der Waals surface area contributed by atoms with Gasteiger partial charge < -0.3 is 10.6 Å². The summed E-state index contributed by atoms with van der Waals surface area (Å²) in [6, 6.07) is 25.8. The van der Waals surface area contributed by atoms with E-state index in [1.165, 1.54) is 12.1 Å². The minimum Gasteiger partial charge on any atom is -0.354 e. The van der Waals surface area contributed by atoms with Crippen LogP contribution in [-0.4, -0.2) is 24.9 Å². The fourth-order valence-electron chi connectivity index (χ4n) is 3.15. The predicted molar refractivity (Wildman–Crippen MR) is 111 cm³/mol. The number of hydrogen-bond acceptors (Lipinski definition) is 2. The monoisotopic (exact) mass is 390 g/mol. The van der Waals surface area contributed by atoms with Crippen molar-refractivity contribution in [2.75, 3.05) is 13.1 Å². The number of carbonyl (C=O) groups excluding carboxylic acids is 2. The number of halogens is 1. The van der Waals surface area contributed by atoms with Gasteiger partial charge >= 0.3 is 0 Å². The maximum Gasteiger partial charge on any atom is 0.239 e. The quantitative estimate of drug-likeness (QED) is 0.619. The first-order chi connectivity index (χ1) is 14.1. The second kappa shape index (κ2) is 10.2. The molecule has 5 heteroatoms. The highest BCUT2D eigenvalue weighted by molar-refractivity contribution is 5.85. The van der Waals surface area contributed by atoms with E-state index in [4.69, 9.17) is 0 Å². The molecule has 0 radical (unpaired) electrons. The average Bonchev–Trinajstić information content (AvgIpc) is 2.74. The van der Waals surface area contributed by atoms with Crippen molar-refractivity contribution >= 4 is 11.8 Å². The van der Waals surface area contributed by atoms with Crippen LogP contribution in [0, 0.1) is 5.82 Å². The van der Waals surface area contributed by atoms with Gasteiger partial charge in [0.2, 0.25) is 11.8 Å². The van der Waals surface area contributed by atoms with Crippen molar-refractivity contribution in [3.8, 4) is 0 Å². The molecule has 148 valence electrons. The van der Waals surface area contributed by atoms with Crippen molar-refractivity contribution in [3.05, 3.63) is 107 Å². The Balaban J connectivity index is 1.53. The highest BCUT2D eigenvalue weighted by Crippen LogP contribution is 2.23. The largest absolute Gasteiger partial charge is 0.354 e. The fourth-order valence-corrected chi connectivity index (χ4v) is 3.15. The first kappa shape index (κ1) is 20.3. The molecule has 0 aliphatic carbocycles. The molecule has 0 saturated heterocycles. The standard InChI is InChI=1S/C24H23FN2O2/c25-21-13-7-8-18(14-21)15-23(28)27-17-24(29)26-16-22(19-9-3-1-4-10-19)20-11-5-2-6-12-20/h1-14,22H,15-17H2,(H,26,29)(H,27,28). The van der Waals surface area contributed by atoms with Crippen molar-refractivity contribution in [3.63, 3.8) is 0 Å². The van der Waals surface area contributed by atoms with Gasteiger partial charge in [-0.15, -0.1) is 0 Å². The zero-order chi connectivity index (χ0) is 20.5. The van der Waals surface area contributed by atoms with Crippen LogP contribution >= 0.6 is 0 Å². The molecule has 0 heterocycles. The molecular weight excluding hydrogens is 367 g/mol. The lowest BCUT2D eigenvalue weighted by Gasteiger charge is -2.19. The third-order valence-electron chi connectivity index (χ3n) is 4.61. The van der Waals surface area contributed by atoms with Gasteiger partial charge in [0.05, 0.1) is 13.0 Å². The maximum atomic E-state index is 13.2. The Bertz CT molecular complexity index is 906. The lowest BCUT2D eigenvalue weighted by molar-refractivity contribution is -0.125. The van der Waals surface area contributed by atoms with Crippen molar-refractivity contribution in [2.24, 2.45) is 0 Å². The van der Waals surface area contributed by atoms with E-state index in [2.05, 4.69) is 10.6 Å². The topological polar surface area (TPSA) is 58.2 Å². The summed E-state index contributed by atoms with van der Waals surface area (Å²) in [7, 11) is 0. The highest BCUT2D eigenvalue weighted by atomic mass is 19.1. The lowest BCUT2D eigenvalue weighted by atomic mass is 9.91. The summed E-state index contributed by atoms with van der Waals surface area (Å²) in [6.45, 7) is 0.303. The Morgan fingerprint density at radius 1 is 0.759 bits per heavy atom. The smallest absolute Gasteiger partial charge is 0.239 e. The molecule has 2 N–H and O–H groups in total. The van der Waals surface area contributed by atoms with E-state index in [9.17, 15) is 14.0 Å². The first-order valence-electron chi connectivity index (χ1n) is 9.49. The Morgan fingerprint density at radius 2 is 1.38 bits per heavy atom. The summed E-state index contributed by atoms with van der Waals surface area (Å²) in [4.78, 5) is 24.2. The third-order valence-corrected chi connectivity index (χ3v) is 4.61. The van der Waals surface area contributed by atoms with Crippen molar-refractivity contribution in [2.45, 2.75) is 12.3 Å². The number of amides is 2. The summed E-state index contributed by atoms with van der Waals surface area (Å²) < 4.78 is 13.2. The number of benzene rings is 3. The molecule has 3 rings (SSSR count). The summed E-state index contributed by atoms with van der Waals surface area (Å²) in [5.74, 6) is -0.965. The van der Waals surface area contributed by atoms with Gasteiger partial charge in [0, 0.05) is 12.5 Å². The molecule has 0 atom stereocenters. The van der Waals surface area contributed by atoms with Crippen LogP contribution in [0.15, 0.2) is 84.9 Å². The van der Waals surface area contributed by atoms with Crippen LogP contribution in [0.3, 0.4) is 0 Å². The van der Waals surface area contributed by atoms with Gasteiger partial charge in [-0.2, -0.15) is 0 Å². The predicted octanol–water partition coefficient (Wildman–Crippen LogP) is 3.43. The SMILES string of the molecule is O=C(CNC(=O)Cc1cccc(F)c1)NCC(c1ccccc1)c1ccccc1.